The second-order valence-electron chi connectivity index (χ2n) is 8.28. The summed E-state index contributed by atoms with van der Waals surface area (Å²) < 4.78 is 39.8. The maximum Gasteiger partial charge on any atom is 0.243 e. The number of ether oxygens (including phenoxy) is 2. The summed E-state index contributed by atoms with van der Waals surface area (Å²) in [5.41, 5.74) is 0. The standard InChI is InChI=1S/C22H37N3O4S/c1-3-17-29-21-5-7-22(8-6-21)30(26,27)25(20-9-18-28-19-10-20)12-4-11-24-15-13-23(2)14-16-24/h5-8,20H,3-4,9-19H2,1-2H3. The van der Waals surface area contributed by atoms with Crippen LogP contribution in [0.4, 0.5) is 0 Å². The molecule has 0 unspecified atom stereocenters. The average molecular weight is 440 g/mol. The van der Waals surface area contributed by atoms with E-state index in [9.17, 15) is 8.42 Å². The van der Waals surface area contributed by atoms with Crippen LogP contribution in [0.2, 0.25) is 0 Å². The molecule has 0 amide bonds. The third-order valence-corrected chi connectivity index (χ3v) is 7.92. The average Bonchev–Trinajstić information content (AvgIpc) is 2.77. The van der Waals surface area contributed by atoms with E-state index in [-0.39, 0.29) is 6.04 Å². The first kappa shape index (κ1) is 23.5. The zero-order valence-electron chi connectivity index (χ0n) is 18.5. The number of benzene rings is 1. The SMILES string of the molecule is CCCOc1ccc(S(=O)(=O)N(CCCN2CCN(C)CC2)C2CCOCC2)cc1. The fraction of sp³-hybridized carbons (Fsp3) is 0.727. The number of rotatable bonds is 10. The van der Waals surface area contributed by atoms with E-state index >= 15 is 0 Å². The summed E-state index contributed by atoms with van der Waals surface area (Å²) in [6, 6.07) is 6.87. The van der Waals surface area contributed by atoms with Gasteiger partial charge in [-0.25, -0.2) is 8.42 Å². The summed E-state index contributed by atoms with van der Waals surface area (Å²) in [5, 5.41) is 0. The normalized spacial score (nSPS) is 20.0. The minimum atomic E-state index is -3.55. The number of nitrogens with zero attached hydrogens (tertiary/aromatic N) is 3. The van der Waals surface area contributed by atoms with Crippen LogP contribution >= 0.6 is 0 Å². The minimum Gasteiger partial charge on any atom is -0.494 e. The lowest BCUT2D eigenvalue weighted by molar-refractivity contribution is 0.0571. The number of hydrogen-bond acceptors (Lipinski definition) is 6. The van der Waals surface area contributed by atoms with Crippen molar-refractivity contribution in [3.05, 3.63) is 24.3 Å². The fourth-order valence-electron chi connectivity index (χ4n) is 4.06. The summed E-state index contributed by atoms with van der Waals surface area (Å²) in [6.07, 6.45) is 3.28. The molecule has 0 bridgehead atoms. The molecule has 0 atom stereocenters. The van der Waals surface area contributed by atoms with E-state index in [1.165, 1.54) is 0 Å². The van der Waals surface area contributed by atoms with Gasteiger partial charge in [-0.2, -0.15) is 4.31 Å². The monoisotopic (exact) mass is 439 g/mol. The maximum absolute atomic E-state index is 13.5. The topological polar surface area (TPSA) is 62.3 Å². The Morgan fingerprint density at radius 1 is 1.10 bits per heavy atom. The molecule has 2 aliphatic heterocycles. The molecule has 0 N–H and O–H groups in total. The van der Waals surface area contributed by atoms with Crippen LogP contribution in [0, 0.1) is 0 Å². The van der Waals surface area contributed by atoms with E-state index in [0.29, 0.717) is 37.0 Å². The third-order valence-electron chi connectivity index (χ3n) is 5.95. The quantitative estimate of drug-likeness (QED) is 0.557. The van der Waals surface area contributed by atoms with Gasteiger partial charge < -0.3 is 19.3 Å². The number of piperazine rings is 1. The van der Waals surface area contributed by atoms with Crippen LogP contribution in [0.1, 0.15) is 32.6 Å². The van der Waals surface area contributed by atoms with Crippen LogP contribution in [0.15, 0.2) is 29.2 Å². The summed E-state index contributed by atoms with van der Waals surface area (Å²) >= 11 is 0. The first-order valence-electron chi connectivity index (χ1n) is 11.2. The highest BCUT2D eigenvalue weighted by atomic mass is 32.2. The largest absolute Gasteiger partial charge is 0.494 e. The van der Waals surface area contributed by atoms with Gasteiger partial charge in [0.15, 0.2) is 0 Å². The molecule has 0 saturated carbocycles. The van der Waals surface area contributed by atoms with Crippen LogP contribution in [0.3, 0.4) is 0 Å². The highest BCUT2D eigenvalue weighted by molar-refractivity contribution is 7.89. The lowest BCUT2D eigenvalue weighted by Crippen LogP contribution is -2.47. The van der Waals surface area contributed by atoms with Crippen molar-refractivity contribution < 1.29 is 17.9 Å². The number of hydrogen-bond donors (Lipinski definition) is 0. The van der Waals surface area contributed by atoms with Crippen molar-refractivity contribution in [2.24, 2.45) is 0 Å². The van der Waals surface area contributed by atoms with E-state index in [1.807, 2.05) is 6.92 Å². The molecule has 0 radical (unpaired) electrons. The van der Waals surface area contributed by atoms with Gasteiger partial charge in [-0.3, -0.25) is 0 Å². The van der Waals surface area contributed by atoms with Gasteiger partial charge in [-0.05, 0) is 63.5 Å². The van der Waals surface area contributed by atoms with Gasteiger partial charge >= 0.3 is 0 Å². The summed E-state index contributed by atoms with van der Waals surface area (Å²) in [6.45, 7) is 9.68. The zero-order chi connectivity index (χ0) is 21.4. The van der Waals surface area contributed by atoms with Crippen molar-refractivity contribution in [1.29, 1.82) is 0 Å². The molecule has 1 aromatic rings. The Morgan fingerprint density at radius 2 is 1.77 bits per heavy atom. The molecule has 2 saturated heterocycles. The van der Waals surface area contributed by atoms with E-state index in [4.69, 9.17) is 9.47 Å². The Balaban J connectivity index is 1.67. The van der Waals surface area contributed by atoms with E-state index in [1.54, 1.807) is 28.6 Å². The van der Waals surface area contributed by atoms with Crippen molar-refractivity contribution in [2.75, 3.05) is 66.1 Å². The van der Waals surface area contributed by atoms with Crippen LogP contribution in [-0.2, 0) is 14.8 Å². The van der Waals surface area contributed by atoms with Gasteiger partial charge in [0, 0.05) is 52.0 Å². The number of sulfonamides is 1. The van der Waals surface area contributed by atoms with E-state index in [0.717, 1.165) is 58.4 Å². The Bertz CT molecular complexity index is 727. The summed E-state index contributed by atoms with van der Waals surface area (Å²) in [4.78, 5) is 5.12. The Morgan fingerprint density at radius 3 is 2.40 bits per heavy atom. The van der Waals surface area contributed by atoms with Gasteiger partial charge in [0.25, 0.3) is 0 Å². The first-order valence-corrected chi connectivity index (χ1v) is 12.7. The van der Waals surface area contributed by atoms with Crippen LogP contribution in [0.5, 0.6) is 5.75 Å². The molecule has 170 valence electrons. The Kier molecular flexibility index (Phi) is 8.95. The molecule has 3 rings (SSSR count). The predicted octanol–water partition coefficient (Wildman–Crippen LogP) is 2.28. The van der Waals surface area contributed by atoms with Gasteiger partial charge in [-0.1, -0.05) is 6.92 Å². The first-order chi connectivity index (χ1) is 14.5. The van der Waals surface area contributed by atoms with E-state index in [2.05, 4.69) is 16.8 Å². The van der Waals surface area contributed by atoms with Gasteiger partial charge in [0.2, 0.25) is 10.0 Å². The van der Waals surface area contributed by atoms with Crippen molar-refractivity contribution in [1.82, 2.24) is 14.1 Å². The van der Waals surface area contributed by atoms with Gasteiger partial charge in [0.05, 0.1) is 11.5 Å². The van der Waals surface area contributed by atoms with Crippen LogP contribution < -0.4 is 4.74 Å². The second kappa shape index (κ2) is 11.4. The van der Waals surface area contributed by atoms with Gasteiger partial charge in [0.1, 0.15) is 5.75 Å². The molecule has 2 aliphatic rings. The smallest absolute Gasteiger partial charge is 0.243 e. The molecule has 2 heterocycles. The minimum absolute atomic E-state index is 0.00672. The van der Waals surface area contributed by atoms with Crippen LogP contribution in [-0.4, -0.2) is 94.7 Å². The molecule has 30 heavy (non-hydrogen) atoms. The summed E-state index contributed by atoms with van der Waals surface area (Å²) in [7, 11) is -1.41. The number of likely N-dealkylation sites (N-methyl/N-ethyl adjacent to an activating group) is 1. The Hall–Kier alpha value is -1.19. The molecular formula is C22H37N3O4S. The second-order valence-corrected chi connectivity index (χ2v) is 10.2. The molecule has 0 aromatic heterocycles. The predicted molar refractivity (Wildman–Crippen MR) is 119 cm³/mol. The maximum atomic E-state index is 13.5. The van der Waals surface area contributed by atoms with Crippen LogP contribution in [0.25, 0.3) is 0 Å². The fourth-order valence-corrected chi connectivity index (χ4v) is 5.78. The highest BCUT2D eigenvalue weighted by Crippen LogP contribution is 2.25. The zero-order valence-corrected chi connectivity index (χ0v) is 19.3. The molecular weight excluding hydrogens is 402 g/mol. The van der Waals surface area contributed by atoms with Crippen molar-refractivity contribution >= 4 is 10.0 Å². The van der Waals surface area contributed by atoms with Crippen molar-refractivity contribution in [2.45, 2.75) is 43.5 Å². The molecule has 2 fully saturated rings. The molecule has 8 heteroatoms. The van der Waals surface area contributed by atoms with E-state index < -0.39 is 10.0 Å². The lowest BCUT2D eigenvalue weighted by atomic mass is 10.1. The summed E-state index contributed by atoms with van der Waals surface area (Å²) in [5.74, 6) is 0.712. The molecule has 0 aliphatic carbocycles. The van der Waals surface area contributed by atoms with Crippen molar-refractivity contribution in [3.8, 4) is 5.75 Å². The van der Waals surface area contributed by atoms with Gasteiger partial charge in [-0.15, -0.1) is 0 Å². The highest BCUT2D eigenvalue weighted by Gasteiger charge is 2.32. The molecule has 7 nitrogen and oxygen atoms in total. The molecule has 0 spiro atoms. The van der Waals surface area contributed by atoms with Crippen molar-refractivity contribution in [3.63, 3.8) is 0 Å². The molecule has 1 aromatic carbocycles. The third kappa shape index (κ3) is 6.40. The Labute approximate surface area is 182 Å². The lowest BCUT2D eigenvalue weighted by Gasteiger charge is -2.35.